The van der Waals surface area contributed by atoms with Gasteiger partial charge < -0.3 is 30.7 Å². The van der Waals surface area contributed by atoms with E-state index in [4.69, 9.17) is 9.47 Å². The Morgan fingerprint density at radius 2 is 0.920 bits per heavy atom. The third kappa shape index (κ3) is 8.98. The van der Waals surface area contributed by atoms with Crippen LogP contribution in [0.1, 0.15) is 52.7 Å². The number of hydrogen-bond acceptors (Lipinski definition) is 6. The average Bonchev–Trinajstić information content (AvgIpc) is 3.60. The van der Waals surface area contributed by atoms with Gasteiger partial charge in [0.15, 0.2) is 0 Å². The van der Waals surface area contributed by atoms with Crippen molar-refractivity contribution < 1.29 is 28.7 Å². The Kier molecular flexibility index (Phi) is 10.1. The van der Waals surface area contributed by atoms with Gasteiger partial charge in [-0.15, -0.1) is 0 Å². The molecule has 12 heteroatoms. The molecule has 0 bridgehead atoms. The van der Waals surface area contributed by atoms with E-state index in [0.717, 1.165) is 21.9 Å². The van der Waals surface area contributed by atoms with E-state index in [9.17, 15) is 19.2 Å². The molecule has 258 valence electrons. The van der Waals surface area contributed by atoms with Crippen LogP contribution in [0.5, 0.6) is 0 Å². The van der Waals surface area contributed by atoms with Crippen LogP contribution < -0.4 is 21.3 Å². The molecule has 2 heterocycles. The molecule has 0 saturated carbocycles. The van der Waals surface area contributed by atoms with Crippen molar-refractivity contribution in [3.05, 3.63) is 109 Å². The van der Waals surface area contributed by atoms with E-state index in [2.05, 4.69) is 21.3 Å². The van der Waals surface area contributed by atoms with Gasteiger partial charge in [-0.3, -0.25) is 9.13 Å². The first-order valence-corrected chi connectivity index (χ1v) is 15.9. The Hall–Kier alpha value is -6.30. The van der Waals surface area contributed by atoms with E-state index in [0.29, 0.717) is 22.4 Å². The third-order valence-corrected chi connectivity index (χ3v) is 7.02. The number of rotatable bonds is 6. The average molecular weight is 677 g/mol. The maximum atomic E-state index is 12.7. The van der Waals surface area contributed by atoms with E-state index >= 15 is 0 Å². The molecular weight excluding hydrogens is 636 g/mol. The highest BCUT2D eigenvalue weighted by atomic mass is 16.6. The number of hydrogen-bond donors (Lipinski definition) is 4. The number of aromatic nitrogens is 2. The zero-order valence-electron chi connectivity index (χ0n) is 28.7. The van der Waals surface area contributed by atoms with Crippen LogP contribution in [-0.4, -0.2) is 44.6 Å². The molecule has 3 aromatic carbocycles. The highest BCUT2D eigenvalue weighted by molar-refractivity contribution is 5.98. The molecule has 4 N–H and O–H groups in total. The highest BCUT2D eigenvalue weighted by Gasteiger charge is 2.21. The number of para-hydroxylation sites is 2. The number of carbonyl (C=O) groups excluding carboxylic acids is 4. The second-order valence-electron chi connectivity index (χ2n) is 13.3. The number of benzene rings is 3. The first-order chi connectivity index (χ1) is 23.7. The van der Waals surface area contributed by atoms with E-state index in [1.54, 1.807) is 90.4 Å². The molecule has 0 atom stereocenters. The van der Waals surface area contributed by atoms with Gasteiger partial charge in [-0.1, -0.05) is 36.4 Å². The molecule has 0 spiro atoms. The molecule has 5 aromatic rings. The van der Waals surface area contributed by atoms with Crippen molar-refractivity contribution in [3.8, 4) is 0 Å². The van der Waals surface area contributed by atoms with Gasteiger partial charge in [0.1, 0.15) is 11.2 Å². The Bertz CT molecular complexity index is 1960. The fourth-order valence-corrected chi connectivity index (χ4v) is 4.99. The topological polar surface area (TPSA) is 145 Å². The van der Waals surface area contributed by atoms with Crippen LogP contribution in [-0.2, 0) is 9.47 Å². The molecule has 0 aliphatic heterocycles. The number of carbonyl (C=O) groups is 4. The maximum Gasteiger partial charge on any atom is 0.419 e. The van der Waals surface area contributed by atoms with Gasteiger partial charge in [0.05, 0.1) is 11.0 Å². The molecule has 0 fully saturated rings. The lowest BCUT2D eigenvalue weighted by Gasteiger charge is -2.19. The molecule has 12 nitrogen and oxygen atoms in total. The summed E-state index contributed by atoms with van der Waals surface area (Å²) in [6.45, 7) is 10.8. The van der Waals surface area contributed by atoms with Crippen molar-refractivity contribution >= 4 is 69.6 Å². The Morgan fingerprint density at radius 3 is 1.28 bits per heavy atom. The van der Waals surface area contributed by atoms with Gasteiger partial charge in [0.25, 0.3) is 0 Å². The number of anilines is 2. The van der Waals surface area contributed by atoms with Crippen molar-refractivity contribution in [2.45, 2.75) is 52.7 Å². The van der Waals surface area contributed by atoms with Crippen LogP contribution in [0.3, 0.4) is 0 Å². The highest BCUT2D eigenvalue weighted by Crippen LogP contribution is 2.25. The lowest BCUT2D eigenvalue weighted by atomic mass is 10.2. The lowest BCUT2D eigenvalue weighted by Crippen LogP contribution is -2.26. The van der Waals surface area contributed by atoms with E-state index in [1.165, 1.54) is 21.5 Å². The summed E-state index contributed by atoms with van der Waals surface area (Å²) in [5.74, 6) is 0. The van der Waals surface area contributed by atoms with Crippen LogP contribution in [0.2, 0.25) is 0 Å². The third-order valence-electron chi connectivity index (χ3n) is 7.02. The maximum absolute atomic E-state index is 12.7. The minimum Gasteiger partial charge on any atom is -0.443 e. The molecule has 50 heavy (non-hydrogen) atoms. The van der Waals surface area contributed by atoms with E-state index < -0.39 is 35.5 Å². The van der Waals surface area contributed by atoms with Crippen LogP contribution in [0.4, 0.5) is 30.6 Å². The number of fused-ring (bicyclic) bond motifs is 2. The summed E-state index contributed by atoms with van der Waals surface area (Å²) in [4.78, 5) is 50.6. The van der Waals surface area contributed by atoms with Crippen LogP contribution in [0, 0.1) is 0 Å². The fraction of sp³-hybridized carbons (Fsp3) is 0.211. The molecule has 5 rings (SSSR count). The molecule has 0 unspecified atom stereocenters. The number of nitrogens with zero attached hydrogens (tertiary/aromatic N) is 2. The largest absolute Gasteiger partial charge is 0.443 e. The second-order valence-corrected chi connectivity index (χ2v) is 13.3. The zero-order valence-corrected chi connectivity index (χ0v) is 28.7. The summed E-state index contributed by atoms with van der Waals surface area (Å²) in [5, 5.41) is 12.4. The van der Waals surface area contributed by atoms with Crippen molar-refractivity contribution in [2.24, 2.45) is 0 Å². The van der Waals surface area contributed by atoms with Crippen molar-refractivity contribution in [1.29, 1.82) is 0 Å². The van der Waals surface area contributed by atoms with Crippen LogP contribution >= 0.6 is 0 Å². The van der Waals surface area contributed by atoms with Crippen LogP contribution in [0.25, 0.3) is 34.0 Å². The van der Waals surface area contributed by atoms with E-state index in [1.807, 2.05) is 48.5 Å². The Morgan fingerprint density at radius 1 is 0.560 bits per heavy atom. The summed E-state index contributed by atoms with van der Waals surface area (Å²) in [6, 6.07) is 20.5. The smallest absolute Gasteiger partial charge is 0.419 e. The normalized spacial score (nSPS) is 12.0. The molecule has 0 aliphatic carbocycles. The van der Waals surface area contributed by atoms with Gasteiger partial charge in [-0.05, 0) is 90.1 Å². The van der Waals surface area contributed by atoms with Gasteiger partial charge in [0.2, 0.25) is 0 Å². The van der Waals surface area contributed by atoms with Gasteiger partial charge in [-0.2, -0.15) is 0 Å². The Labute approximate surface area is 289 Å². The molecule has 4 amide bonds. The summed E-state index contributed by atoms with van der Waals surface area (Å²) >= 11 is 0. The lowest BCUT2D eigenvalue weighted by molar-refractivity contribution is 0.0533. The monoisotopic (exact) mass is 676 g/mol. The van der Waals surface area contributed by atoms with E-state index in [-0.39, 0.29) is 0 Å². The zero-order chi connectivity index (χ0) is 36.1. The number of amides is 4. The van der Waals surface area contributed by atoms with Crippen molar-refractivity contribution in [1.82, 2.24) is 19.8 Å². The Balaban J connectivity index is 1.14. The molecular formula is C38H40N6O6. The van der Waals surface area contributed by atoms with Gasteiger partial charge in [0, 0.05) is 58.1 Å². The van der Waals surface area contributed by atoms with Crippen molar-refractivity contribution in [2.75, 3.05) is 10.6 Å². The first kappa shape index (κ1) is 35.0. The standard InChI is InChI=1S/C38H40N6O6/c1-37(2,3)49-35(47)43-23-25(29-11-7-9-13-31(29)43)19-21-39-33(45)41-27-15-17-28(18-16-27)42-34(46)40-22-20-26-24-44(36(48)50-38(4,5)6)32-14-10-8-12-30(26)32/h7-24H,1-6H3,(H2,39,41,45)(H2,40,42,46)/b21-19+,22-20+. The molecule has 0 saturated heterocycles. The molecule has 2 aromatic heterocycles. The number of nitrogens with one attached hydrogen (secondary N) is 4. The minimum atomic E-state index is -0.646. The van der Waals surface area contributed by atoms with Gasteiger partial charge >= 0.3 is 24.2 Å². The summed E-state index contributed by atoms with van der Waals surface area (Å²) in [6.07, 6.45) is 8.71. The fourth-order valence-electron chi connectivity index (χ4n) is 4.99. The SMILES string of the molecule is CC(C)(C)OC(=O)n1cc(/C=C/NC(=O)Nc2ccc(NC(=O)N/C=C/c3cn(C(=O)OC(C)(C)C)c4ccccc34)cc2)c2ccccc21. The summed E-state index contributed by atoms with van der Waals surface area (Å²) in [7, 11) is 0. The quantitative estimate of drug-likeness (QED) is 0.142. The second kappa shape index (κ2) is 14.4. The first-order valence-electron chi connectivity index (χ1n) is 15.9. The van der Waals surface area contributed by atoms with Gasteiger partial charge in [-0.25, -0.2) is 19.2 Å². The minimum absolute atomic E-state index is 0.478. The summed E-state index contributed by atoms with van der Waals surface area (Å²) < 4.78 is 13.9. The van der Waals surface area contributed by atoms with Crippen LogP contribution in [0.15, 0.2) is 97.6 Å². The molecule has 0 aliphatic rings. The predicted molar refractivity (Wildman–Crippen MR) is 196 cm³/mol. The summed E-state index contributed by atoms with van der Waals surface area (Å²) in [5.41, 5.74) is 2.54. The number of ether oxygens (including phenoxy) is 2. The number of urea groups is 2. The predicted octanol–water partition coefficient (Wildman–Crippen LogP) is 8.75. The molecule has 0 radical (unpaired) electrons. The van der Waals surface area contributed by atoms with Crippen molar-refractivity contribution in [3.63, 3.8) is 0 Å².